The van der Waals surface area contributed by atoms with Crippen LogP contribution in [0.25, 0.3) is 0 Å². The summed E-state index contributed by atoms with van der Waals surface area (Å²) < 4.78 is 25.1. The van der Waals surface area contributed by atoms with Gasteiger partial charge in [0.15, 0.2) is 9.84 Å². The molecule has 0 spiro atoms. The molecule has 0 saturated carbocycles. The number of nitrogens with zero attached hydrogens (tertiary/aromatic N) is 1. The second kappa shape index (κ2) is 7.92. The number of benzene rings is 2. The fraction of sp³-hybridized carbons (Fsp3) is 0.300. The minimum absolute atomic E-state index is 0.117. The minimum atomic E-state index is -3.52. The van der Waals surface area contributed by atoms with Gasteiger partial charge in [0.25, 0.3) is 5.91 Å². The molecule has 0 bridgehead atoms. The van der Waals surface area contributed by atoms with E-state index in [2.05, 4.69) is 0 Å². The highest BCUT2D eigenvalue weighted by atomic mass is 32.2. The molecule has 1 atom stereocenters. The maximum absolute atomic E-state index is 12.7. The summed E-state index contributed by atoms with van der Waals surface area (Å²) in [4.78, 5) is 25.6. The number of carboxylic acids is 1. The van der Waals surface area contributed by atoms with Gasteiger partial charge in [0.1, 0.15) is 6.04 Å². The summed E-state index contributed by atoms with van der Waals surface area (Å²) in [6.45, 7) is 0.393. The van der Waals surface area contributed by atoms with Gasteiger partial charge in [-0.05, 0) is 49.1 Å². The van der Waals surface area contributed by atoms with Crippen molar-refractivity contribution in [2.24, 2.45) is 0 Å². The predicted octanol–water partition coefficient (Wildman–Crippen LogP) is 2.74. The van der Waals surface area contributed by atoms with Gasteiger partial charge in [-0.2, -0.15) is 0 Å². The molecule has 1 fully saturated rings. The maximum Gasteiger partial charge on any atom is 0.326 e. The van der Waals surface area contributed by atoms with Crippen LogP contribution in [0.15, 0.2) is 59.5 Å². The standard InChI is InChI=1S/C20H21NO5S/c22-19(21-13-5-4-8-18(21)20(23)24)16-9-11-17(12-10-16)27(25,26)14-15-6-2-1-3-7-15/h1-3,6-7,9-12,18H,4-5,8,13-14H2,(H,23,24). The molecule has 7 heteroatoms. The number of piperidine rings is 1. The first-order valence-electron chi connectivity index (χ1n) is 8.79. The number of aliphatic carboxylic acids is 1. The Morgan fingerprint density at radius 1 is 1.00 bits per heavy atom. The Kier molecular flexibility index (Phi) is 5.60. The van der Waals surface area contributed by atoms with Crippen molar-refractivity contribution in [3.63, 3.8) is 0 Å². The van der Waals surface area contributed by atoms with Crippen molar-refractivity contribution < 1.29 is 23.1 Å². The van der Waals surface area contributed by atoms with E-state index in [1.54, 1.807) is 24.3 Å². The van der Waals surface area contributed by atoms with E-state index in [1.807, 2.05) is 6.07 Å². The first kappa shape index (κ1) is 19.1. The Morgan fingerprint density at radius 2 is 1.67 bits per heavy atom. The molecule has 142 valence electrons. The quantitative estimate of drug-likeness (QED) is 0.852. The molecule has 2 aromatic carbocycles. The molecule has 6 nitrogen and oxygen atoms in total. The zero-order valence-electron chi connectivity index (χ0n) is 14.7. The van der Waals surface area contributed by atoms with Gasteiger partial charge in [0, 0.05) is 12.1 Å². The number of likely N-dealkylation sites (tertiary alicyclic amines) is 1. The van der Waals surface area contributed by atoms with Crippen LogP contribution in [-0.2, 0) is 20.4 Å². The highest BCUT2D eigenvalue weighted by Crippen LogP contribution is 2.22. The summed E-state index contributed by atoms with van der Waals surface area (Å²) in [7, 11) is -3.52. The summed E-state index contributed by atoms with van der Waals surface area (Å²) >= 11 is 0. The van der Waals surface area contributed by atoms with E-state index < -0.39 is 21.8 Å². The minimum Gasteiger partial charge on any atom is -0.480 e. The Hall–Kier alpha value is -2.67. The largest absolute Gasteiger partial charge is 0.480 e. The fourth-order valence-electron chi connectivity index (χ4n) is 3.28. The average molecular weight is 387 g/mol. The topological polar surface area (TPSA) is 91.8 Å². The van der Waals surface area contributed by atoms with Gasteiger partial charge in [0.05, 0.1) is 10.6 Å². The molecule has 0 radical (unpaired) electrons. The van der Waals surface area contributed by atoms with Crippen molar-refractivity contribution in [2.45, 2.75) is 36.0 Å². The first-order chi connectivity index (χ1) is 12.9. The number of carbonyl (C=O) groups excluding carboxylic acids is 1. The fourth-order valence-corrected chi connectivity index (χ4v) is 4.63. The van der Waals surface area contributed by atoms with Crippen LogP contribution in [0.4, 0.5) is 0 Å². The lowest BCUT2D eigenvalue weighted by Crippen LogP contribution is -2.47. The van der Waals surface area contributed by atoms with Crippen LogP contribution >= 0.6 is 0 Å². The Morgan fingerprint density at radius 3 is 2.30 bits per heavy atom. The number of carbonyl (C=O) groups is 2. The van der Waals surface area contributed by atoms with Gasteiger partial charge < -0.3 is 10.0 Å². The monoisotopic (exact) mass is 387 g/mol. The molecular weight excluding hydrogens is 366 g/mol. The lowest BCUT2D eigenvalue weighted by atomic mass is 10.0. The maximum atomic E-state index is 12.7. The molecule has 1 N–H and O–H groups in total. The zero-order valence-corrected chi connectivity index (χ0v) is 15.6. The molecule has 1 unspecified atom stereocenters. The van der Waals surface area contributed by atoms with Crippen LogP contribution in [0.1, 0.15) is 35.2 Å². The van der Waals surface area contributed by atoms with E-state index >= 15 is 0 Å². The van der Waals surface area contributed by atoms with Gasteiger partial charge in [-0.25, -0.2) is 13.2 Å². The van der Waals surface area contributed by atoms with Crippen molar-refractivity contribution in [3.05, 3.63) is 65.7 Å². The van der Waals surface area contributed by atoms with Gasteiger partial charge >= 0.3 is 5.97 Å². The van der Waals surface area contributed by atoms with Crippen LogP contribution < -0.4 is 0 Å². The van der Waals surface area contributed by atoms with Gasteiger partial charge in [-0.3, -0.25) is 4.79 Å². The number of rotatable bonds is 5. The van der Waals surface area contributed by atoms with Crippen molar-refractivity contribution in [1.29, 1.82) is 0 Å². The zero-order chi connectivity index (χ0) is 19.4. The third-order valence-corrected chi connectivity index (χ3v) is 6.41. The molecule has 2 aromatic rings. The SMILES string of the molecule is O=C(O)C1CCCCN1C(=O)c1ccc(S(=O)(=O)Cc2ccccc2)cc1. The number of amides is 1. The van der Waals surface area contributed by atoms with Gasteiger partial charge in [0.2, 0.25) is 0 Å². The molecule has 0 aromatic heterocycles. The summed E-state index contributed by atoms with van der Waals surface area (Å²) in [6.07, 6.45) is 1.97. The van der Waals surface area contributed by atoms with Gasteiger partial charge in [-0.15, -0.1) is 0 Å². The Balaban J connectivity index is 1.78. The third kappa shape index (κ3) is 4.36. The molecule has 1 aliphatic rings. The first-order valence-corrected chi connectivity index (χ1v) is 10.4. The average Bonchev–Trinajstić information content (AvgIpc) is 2.68. The number of hydrogen-bond acceptors (Lipinski definition) is 4. The highest BCUT2D eigenvalue weighted by Gasteiger charge is 2.32. The molecule has 1 aliphatic heterocycles. The van der Waals surface area contributed by atoms with E-state index in [0.717, 1.165) is 12.8 Å². The molecule has 0 aliphatic carbocycles. The smallest absolute Gasteiger partial charge is 0.326 e. The molecule has 3 rings (SSSR count). The summed E-state index contributed by atoms with van der Waals surface area (Å²) in [6, 6.07) is 13.8. The van der Waals surface area contributed by atoms with Crippen LogP contribution in [0.5, 0.6) is 0 Å². The Bertz CT molecular complexity index is 923. The van der Waals surface area contributed by atoms with Crippen molar-refractivity contribution in [3.8, 4) is 0 Å². The number of hydrogen-bond donors (Lipinski definition) is 1. The normalized spacial score (nSPS) is 17.5. The van der Waals surface area contributed by atoms with Crippen LogP contribution in [0.3, 0.4) is 0 Å². The van der Waals surface area contributed by atoms with Crippen molar-refractivity contribution in [2.75, 3.05) is 6.54 Å². The van der Waals surface area contributed by atoms with E-state index in [-0.39, 0.29) is 16.6 Å². The van der Waals surface area contributed by atoms with Crippen LogP contribution in [0, 0.1) is 0 Å². The molecule has 1 amide bonds. The molecule has 27 heavy (non-hydrogen) atoms. The second-order valence-corrected chi connectivity index (χ2v) is 8.61. The predicted molar refractivity (Wildman–Crippen MR) is 100 cm³/mol. The number of carboxylic acid groups (broad SMARTS) is 1. The number of sulfone groups is 1. The van der Waals surface area contributed by atoms with Crippen LogP contribution in [-0.4, -0.2) is 42.9 Å². The van der Waals surface area contributed by atoms with E-state index in [9.17, 15) is 23.1 Å². The summed E-state index contributed by atoms with van der Waals surface area (Å²) in [5, 5.41) is 9.32. The summed E-state index contributed by atoms with van der Waals surface area (Å²) in [5.41, 5.74) is 0.983. The second-order valence-electron chi connectivity index (χ2n) is 6.62. The van der Waals surface area contributed by atoms with Crippen molar-refractivity contribution >= 4 is 21.7 Å². The van der Waals surface area contributed by atoms with Crippen LogP contribution in [0.2, 0.25) is 0 Å². The Labute approximate surface area is 158 Å². The summed E-state index contributed by atoms with van der Waals surface area (Å²) in [5.74, 6) is -1.51. The van der Waals surface area contributed by atoms with E-state index in [4.69, 9.17) is 0 Å². The third-order valence-electron chi connectivity index (χ3n) is 4.71. The molecule has 1 heterocycles. The highest BCUT2D eigenvalue weighted by molar-refractivity contribution is 7.90. The molecule has 1 saturated heterocycles. The van der Waals surface area contributed by atoms with Gasteiger partial charge in [-0.1, -0.05) is 30.3 Å². The lowest BCUT2D eigenvalue weighted by Gasteiger charge is -2.33. The van der Waals surface area contributed by atoms with Crippen molar-refractivity contribution in [1.82, 2.24) is 4.90 Å². The van der Waals surface area contributed by atoms with E-state index in [1.165, 1.54) is 29.2 Å². The van der Waals surface area contributed by atoms with E-state index in [0.29, 0.717) is 24.1 Å². The lowest BCUT2D eigenvalue weighted by molar-refractivity contribution is -0.143. The molecular formula is C20H21NO5S.